The molecule has 2 aliphatic rings. The molecule has 2 aromatic carbocycles. The number of piperidine rings is 1. The smallest absolute Gasteiger partial charge is 0.253 e. The molecule has 0 radical (unpaired) electrons. The first-order chi connectivity index (χ1) is 14.7. The Bertz CT molecular complexity index is 1020. The van der Waals surface area contributed by atoms with Crippen molar-refractivity contribution in [2.45, 2.75) is 31.8 Å². The van der Waals surface area contributed by atoms with E-state index in [-0.39, 0.29) is 11.4 Å². The molecule has 1 saturated heterocycles. The summed E-state index contributed by atoms with van der Waals surface area (Å²) in [7, 11) is 0. The minimum absolute atomic E-state index is 0.0898. The number of rotatable bonds is 3. The molecule has 1 aromatic heterocycles. The molecule has 0 atom stereocenters. The van der Waals surface area contributed by atoms with Gasteiger partial charge in [-0.1, -0.05) is 55.5 Å². The largest absolute Gasteiger partial charge is 0.338 e. The Morgan fingerprint density at radius 2 is 1.60 bits per heavy atom. The van der Waals surface area contributed by atoms with E-state index in [4.69, 9.17) is 4.98 Å². The van der Waals surface area contributed by atoms with Crippen molar-refractivity contribution in [3.63, 3.8) is 0 Å². The highest BCUT2D eigenvalue weighted by Crippen LogP contribution is 2.42. The zero-order valence-corrected chi connectivity index (χ0v) is 17.5. The molecule has 0 aliphatic carbocycles. The number of hydrogen-bond donors (Lipinski definition) is 0. The molecule has 0 saturated carbocycles. The van der Waals surface area contributed by atoms with Gasteiger partial charge in [0.15, 0.2) is 0 Å². The summed E-state index contributed by atoms with van der Waals surface area (Å²) in [4.78, 5) is 22.5. The number of nitrogens with zero attached hydrogens (tertiary/aromatic N) is 4. The molecule has 0 bridgehead atoms. The Labute approximate surface area is 178 Å². The fraction of sp³-hybridized carbons (Fsp3) is 0.360. The fourth-order valence-corrected chi connectivity index (χ4v) is 5.23. The van der Waals surface area contributed by atoms with Crippen LogP contribution in [0, 0.1) is 0 Å². The number of likely N-dealkylation sites (tertiary alicyclic amines) is 1. The van der Waals surface area contributed by atoms with E-state index < -0.39 is 0 Å². The Kier molecular flexibility index (Phi) is 4.91. The Morgan fingerprint density at radius 1 is 0.933 bits per heavy atom. The van der Waals surface area contributed by atoms with Gasteiger partial charge in [-0.15, -0.1) is 0 Å². The van der Waals surface area contributed by atoms with Gasteiger partial charge in [0, 0.05) is 31.7 Å². The normalized spacial score (nSPS) is 18.4. The molecule has 154 valence electrons. The van der Waals surface area contributed by atoms with Gasteiger partial charge in [-0.05, 0) is 37.1 Å². The topological polar surface area (TPSA) is 41.4 Å². The van der Waals surface area contributed by atoms with E-state index in [1.807, 2.05) is 41.4 Å². The molecule has 5 heteroatoms. The number of benzene rings is 2. The summed E-state index contributed by atoms with van der Waals surface area (Å²) < 4.78 is 2.41. The van der Waals surface area contributed by atoms with Crippen LogP contribution in [-0.2, 0) is 12.1 Å². The summed E-state index contributed by atoms with van der Waals surface area (Å²) >= 11 is 0. The van der Waals surface area contributed by atoms with E-state index in [0.717, 1.165) is 51.1 Å². The molecule has 5 rings (SSSR count). The maximum Gasteiger partial charge on any atom is 0.253 e. The van der Waals surface area contributed by atoms with E-state index in [1.165, 1.54) is 17.1 Å². The van der Waals surface area contributed by atoms with Gasteiger partial charge >= 0.3 is 0 Å². The van der Waals surface area contributed by atoms with Crippen LogP contribution in [-0.4, -0.2) is 51.4 Å². The van der Waals surface area contributed by atoms with Gasteiger partial charge in [0.2, 0.25) is 0 Å². The van der Waals surface area contributed by atoms with Crippen LogP contribution in [0.3, 0.4) is 0 Å². The summed E-state index contributed by atoms with van der Waals surface area (Å²) in [5.74, 6) is 1.30. The van der Waals surface area contributed by atoms with E-state index in [9.17, 15) is 4.79 Å². The molecular weight excluding hydrogens is 372 g/mol. The van der Waals surface area contributed by atoms with Crippen LogP contribution in [0.15, 0.2) is 66.9 Å². The number of carbonyl (C=O) groups excluding carboxylic acids is 1. The van der Waals surface area contributed by atoms with Crippen LogP contribution in [0.5, 0.6) is 0 Å². The minimum Gasteiger partial charge on any atom is -0.338 e. The number of hydrogen-bond acceptors (Lipinski definition) is 3. The van der Waals surface area contributed by atoms with E-state index >= 15 is 0 Å². The van der Waals surface area contributed by atoms with Gasteiger partial charge in [-0.25, -0.2) is 4.98 Å². The van der Waals surface area contributed by atoms with E-state index in [1.54, 1.807) is 0 Å². The second-order valence-electron chi connectivity index (χ2n) is 8.25. The van der Waals surface area contributed by atoms with Crippen LogP contribution in [0.2, 0.25) is 0 Å². The minimum atomic E-state index is -0.0898. The number of aromatic nitrogens is 2. The molecule has 30 heavy (non-hydrogen) atoms. The third kappa shape index (κ3) is 3.05. The second kappa shape index (κ2) is 7.73. The van der Waals surface area contributed by atoms with Crippen molar-refractivity contribution in [2.75, 3.05) is 26.2 Å². The van der Waals surface area contributed by atoms with Gasteiger partial charge < -0.3 is 9.47 Å². The summed E-state index contributed by atoms with van der Waals surface area (Å²) in [6.45, 7) is 6.74. The predicted octanol–water partition coefficient (Wildman–Crippen LogP) is 4.02. The van der Waals surface area contributed by atoms with Crippen molar-refractivity contribution in [1.82, 2.24) is 19.4 Å². The molecule has 0 unspecified atom stereocenters. The lowest BCUT2D eigenvalue weighted by atomic mass is 9.83. The maximum atomic E-state index is 12.9. The standard InChI is InChI=1S/C25H28N4O/c1-2-28-17-18-29-22(20-9-5-3-6-10-20)19-26-24(29)25(28)13-15-27(16-14-25)23(30)21-11-7-4-8-12-21/h3-12,19H,2,13-18H2,1H3. The van der Waals surface area contributed by atoms with Crippen molar-refractivity contribution in [1.29, 1.82) is 0 Å². The van der Waals surface area contributed by atoms with Crippen LogP contribution in [0.4, 0.5) is 0 Å². The van der Waals surface area contributed by atoms with Gasteiger partial charge in [0.05, 0.1) is 17.4 Å². The molecule has 3 aromatic rings. The SMILES string of the molecule is CCN1CCn2c(-c3ccccc3)cnc2C12CCN(C(=O)c1ccccc1)CC2. The van der Waals surface area contributed by atoms with Crippen LogP contribution >= 0.6 is 0 Å². The number of likely N-dealkylation sites (N-methyl/N-ethyl adjacent to an activating group) is 1. The average Bonchev–Trinajstić information content (AvgIpc) is 3.26. The molecule has 1 amide bonds. The molecule has 3 heterocycles. The Balaban J connectivity index is 1.44. The highest BCUT2D eigenvalue weighted by molar-refractivity contribution is 5.94. The van der Waals surface area contributed by atoms with Crippen molar-refractivity contribution in [3.8, 4) is 11.3 Å². The predicted molar refractivity (Wildman–Crippen MR) is 118 cm³/mol. The van der Waals surface area contributed by atoms with Crippen LogP contribution in [0.1, 0.15) is 35.9 Å². The monoisotopic (exact) mass is 400 g/mol. The lowest BCUT2D eigenvalue weighted by Crippen LogP contribution is -2.58. The van der Waals surface area contributed by atoms with Gasteiger partial charge in [0.25, 0.3) is 5.91 Å². The molecular formula is C25H28N4O. The molecule has 5 nitrogen and oxygen atoms in total. The highest BCUT2D eigenvalue weighted by Gasteiger charge is 2.47. The average molecular weight is 401 g/mol. The quantitative estimate of drug-likeness (QED) is 0.667. The number of imidazole rings is 1. The third-order valence-electron chi connectivity index (χ3n) is 6.82. The summed E-state index contributed by atoms with van der Waals surface area (Å²) in [5, 5.41) is 0. The van der Waals surface area contributed by atoms with E-state index in [0.29, 0.717) is 0 Å². The fourth-order valence-electron chi connectivity index (χ4n) is 5.23. The lowest BCUT2D eigenvalue weighted by molar-refractivity contribution is -0.00313. The van der Waals surface area contributed by atoms with Crippen LogP contribution in [0.25, 0.3) is 11.3 Å². The molecule has 1 spiro atoms. The second-order valence-corrected chi connectivity index (χ2v) is 8.25. The summed E-state index contributed by atoms with van der Waals surface area (Å²) in [6.07, 6.45) is 3.88. The molecule has 0 N–H and O–H groups in total. The summed E-state index contributed by atoms with van der Waals surface area (Å²) in [6, 6.07) is 20.2. The van der Waals surface area contributed by atoms with Crippen molar-refractivity contribution in [3.05, 3.63) is 78.2 Å². The number of amides is 1. The third-order valence-corrected chi connectivity index (χ3v) is 6.82. The van der Waals surface area contributed by atoms with Gasteiger partial charge in [-0.3, -0.25) is 9.69 Å². The van der Waals surface area contributed by atoms with E-state index in [2.05, 4.69) is 46.7 Å². The first-order valence-electron chi connectivity index (χ1n) is 10.9. The number of fused-ring (bicyclic) bond motifs is 2. The first-order valence-corrected chi connectivity index (χ1v) is 10.9. The lowest BCUT2D eigenvalue weighted by Gasteiger charge is -2.50. The van der Waals surface area contributed by atoms with Crippen molar-refractivity contribution >= 4 is 5.91 Å². The van der Waals surface area contributed by atoms with Crippen LogP contribution < -0.4 is 0 Å². The maximum absolute atomic E-state index is 12.9. The summed E-state index contributed by atoms with van der Waals surface area (Å²) in [5.41, 5.74) is 3.10. The Hall–Kier alpha value is -2.92. The molecule has 2 aliphatic heterocycles. The van der Waals surface area contributed by atoms with Crippen molar-refractivity contribution in [2.24, 2.45) is 0 Å². The first kappa shape index (κ1) is 19.1. The zero-order valence-electron chi connectivity index (χ0n) is 17.5. The zero-order chi connectivity index (χ0) is 20.6. The number of carbonyl (C=O) groups is 1. The highest BCUT2D eigenvalue weighted by atomic mass is 16.2. The molecule has 1 fully saturated rings. The van der Waals surface area contributed by atoms with Gasteiger partial charge in [-0.2, -0.15) is 0 Å². The Morgan fingerprint density at radius 3 is 2.27 bits per heavy atom. The van der Waals surface area contributed by atoms with Crippen molar-refractivity contribution < 1.29 is 4.79 Å². The van der Waals surface area contributed by atoms with Gasteiger partial charge in [0.1, 0.15) is 5.82 Å².